The van der Waals surface area contributed by atoms with Crippen LogP contribution < -0.4 is 9.64 Å². The monoisotopic (exact) mass is 269 g/mol. The van der Waals surface area contributed by atoms with Gasteiger partial charge in [-0.15, -0.1) is 0 Å². The zero-order valence-electron chi connectivity index (χ0n) is 11.1. The first-order valence-corrected chi connectivity index (χ1v) is 5.75. The highest BCUT2D eigenvalue weighted by atomic mass is 19.1. The zero-order chi connectivity index (χ0) is 14.4. The fourth-order valence-corrected chi connectivity index (χ4v) is 1.46. The van der Waals surface area contributed by atoms with Crippen molar-refractivity contribution in [3.8, 4) is 5.75 Å². The molecule has 1 amide bonds. The van der Waals surface area contributed by atoms with E-state index in [9.17, 15) is 14.0 Å². The van der Waals surface area contributed by atoms with Crippen LogP contribution in [0, 0.1) is 5.82 Å². The number of anilines is 1. The van der Waals surface area contributed by atoms with E-state index < -0.39 is 17.7 Å². The number of rotatable bonds is 5. The van der Waals surface area contributed by atoms with E-state index in [-0.39, 0.29) is 18.8 Å². The molecule has 0 fully saturated rings. The van der Waals surface area contributed by atoms with Crippen molar-refractivity contribution in [2.45, 2.75) is 13.3 Å². The molecular formula is C13H16FNO4. The number of hydrogen-bond acceptors (Lipinski definition) is 4. The zero-order valence-corrected chi connectivity index (χ0v) is 11.1. The van der Waals surface area contributed by atoms with Crippen molar-refractivity contribution in [3.63, 3.8) is 0 Å². The predicted molar refractivity (Wildman–Crippen MR) is 67.6 cm³/mol. The Morgan fingerprint density at radius 3 is 2.58 bits per heavy atom. The summed E-state index contributed by atoms with van der Waals surface area (Å²) in [6.07, 6.45) is -0.377. The van der Waals surface area contributed by atoms with Crippen LogP contribution in [0.2, 0.25) is 0 Å². The van der Waals surface area contributed by atoms with Crippen LogP contribution in [0.1, 0.15) is 13.3 Å². The van der Waals surface area contributed by atoms with Gasteiger partial charge in [-0.1, -0.05) is 0 Å². The molecule has 0 heterocycles. The van der Waals surface area contributed by atoms with Gasteiger partial charge in [-0.05, 0) is 19.1 Å². The van der Waals surface area contributed by atoms with Gasteiger partial charge in [-0.3, -0.25) is 9.59 Å². The normalized spacial score (nSPS) is 9.89. The number of hydrogen-bond donors (Lipinski definition) is 0. The van der Waals surface area contributed by atoms with Crippen LogP contribution in [0.15, 0.2) is 18.2 Å². The first kappa shape index (κ1) is 14.9. The predicted octanol–water partition coefficient (Wildman–Crippen LogP) is 1.75. The first-order valence-electron chi connectivity index (χ1n) is 5.75. The highest BCUT2D eigenvalue weighted by Gasteiger charge is 2.17. The van der Waals surface area contributed by atoms with E-state index >= 15 is 0 Å². The molecule has 0 N–H and O–H groups in total. The lowest BCUT2D eigenvalue weighted by Gasteiger charge is -2.17. The summed E-state index contributed by atoms with van der Waals surface area (Å²) in [6, 6.07) is 4.12. The molecule has 5 nitrogen and oxygen atoms in total. The van der Waals surface area contributed by atoms with Gasteiger partial charge in [-0.2, -0.15) is 0 Å². The Balaban J connectivity index is 2.76. The van der Waals surface area contributed by atoms with Gasteiger partial charge in [0.1, 0.15) is 6.42 Å². The third-order valence-electron chi connectivity index (χ3n) is 2.50. The Morgan fingerprint density at radius 2 is 2.05 bits per heavy atom. The number of amides is 1. The summed E-state index contributed by atoms with van der Waals surface area (Å²) in [5, 5.41) is 0. The van der Waals surface area contributed by atoms with Gasteiger partial charge in [0.05, 0.1) is 13.7 Å². The molecule has 0 spiro atoms. The molecule has 0 aliphatic rings. The second-order valence-corrected chi connectivity index (χ2v) is 3.75. The van der Waals surface area contributed by atoms with Gasteiger partial charge in [-0.25, -0.2) is 4.39 Å². The number of carbonyl (C=O) groups excluding carboxylic acids is 2. The number of methoxy groups -OCH3 is 1. The second kappa shape index (κ2) is 6.72. The smallest absolute Gasteiger partial charge is 0.315 e. The van der Waals surface area contributed by atoms with Gasteiger partial charge in [0.25, 0.3) is 0 Å². The van der Waals surface area contributed by atoms with Crippen LogP contribution in [0.4, 0.5) is 10.1 Å². The molecule has 6 heteroatoms. The van der Waals surface area contributed by atoms with Crippen molar-refractivity contribution in [2.24, 2.45) is 0 Å². The van der Waals surface area contributed by atoms with Crippen molar-refractivity contribution < 1.29 is 23.5 Å². The molecule has 0 radical (unpaired) electrons. The summed E-state index contributed by atoms with van der Waals surface area (Å²) in [7, 11) is 2.82. The second-order valence-electron chi connectivity index (χ2n) is 3.75. The van der Waals surface area contributed by atoms with Crippen LogP contribution >= 0.6 is 0 Å². The van der Waals surface area contributed by atoms with Crippen molar-refractivity contribution in [2.75, 3.05) is 25.7 Å². The standard InChI is InChI=1S/C13H16FNO4/c1-4-19-13(17)8-12(16)15(2)9-5-6-11(18-3)10(14)7-9/h5-7H,4,8H2,1-3H3. The van der Waals surface area contributed by atoms with E-state index in [2.05, 4.69) is 4.74 Å². The van der Waals surface area contributed by atoms with Crippen molar-refractivity contribution >= 4 is 17.6 Å². The molecule has 0 atom stereocenters. The fraction of sp³-hybridized carbons (Fsp3) is 0.385. The molecule has 0 aromatic heterocycles. The topological polar surface area (TPSA) is 55.8 Å². The van der Waals surface area contributed by atoms with Crippen LogP contribution in [-0.4, -0.2) is 32.6 Å². The Morgan fingerprint density at radius 1 is 1.37 bits per heavy atom. The van der Waals surface area contributed by atoms with Gasteiger partial charge in [0.2, 0.25) is 5.91 Å². The SMILES string of the molecule is CCOC(=O)CC(=O)N(C)c1ccc(OC)c(F)c1. The highest BCUT2D eigenvalue weighted by Crippen LogP contribution is 2.23. The third-order valence-corrected chi connectivity index (χ3v) is 2.50. The maximum absolute atomic E-state index is 13.5. The van der Waals surface area contributed by atoms with Crippen LogP contribution in [0.5, 0.6) is 5.75 Å². The highest BCUT2D eigenvalue weighted by molar-refractivity contribution is 6.03. The lowest BCUT2D eigenvalue weighted by Crippen LogP contribution is -2.29. The minimum Gasteiger partial charge on any atom is -0.494 e. The molecule has 1 aromatic rings. The van der Waals surface area contributed by atoms with E-state index in [0.29, 0.717) is 5.69 Å². The summed E-state index contributed by atoms with van der Waals surface area (Å²) in [5.74, 6) is -1.55. The largest absolute Gasteiger partial charge is 0.494 e. The van der Waals surface area contributed by atoms with Crippen LogP contribution in [0.25, 0.3) is 0 Å². The van der Waals surface area contributed by atoms with Crippen molar-refractivity contribution in [1.82, 2.24) is 0 Å². The van der Waals surface area contributed by atoms with E-state index in [1.165, 1.54) is 37.3 Å². The Labute approximate surface area is 110 Å². The number of ether oxygens (including phenoxy) is 2. The molecular weight excluding hydrogens is 253 g/mol. The molecule has 0 aliphatic carbocycles. The molecule has 0 bridgehead atoms. The summed E-state index contributed by atoms with van der Waals surface area (Å²) in [4.78, 5) is 24.2. The van der Waals surface area contributed by atoms with Crippen molar-refractivity contribution in [3.05, 3.63) is 24.0 Å². The number of carbonyl (C=O) groups is 2. The molecule has 0 aliphatic heterocycles. The maximum atomic E-state index is 13.5. The number of halogens is 1. The Bertz CT molecular complexity index is 476. The molecule has 19 heavy (non-hydrogen) atoms. The lowest BCUT2D eigenvalue weighted by atomic mass is 10.2. The third kappa shape index (κ3) is 3.94. The van der Waals surface area contributed by atoms with E-state index in [0.717, 1.165) is 0 Å². The summed E-state index contributed by atoms with van der Waals surface area (Å²) in [6.45, 7) is 1.87. The Kier molecular flexibility index (Phi) is 5.29. The van der Waals surface area contributed by atoms with Crippen LogP contribution in [-0.2, 0) is 14.3 Å². The summed E-state index contributed by atoms with van der Waals surface area (Å²) >= 11 is 0. The van der Waals surface area contributed by atoms with Gasteiger partial charge < -0.3 is 14.4 Å². The van der Waals surface area contributed by atoms with Gasteiger partial charge in [0.15, 0.2) is 11.6 Å². The first-order chi connectivity index (χ1) is 8.99. The Hall–Kier alpha value is -2.11. The summed E-state index contributed by atoms with van der Waals surface area (Å²) < 4.78 is 23.0. The van der Waals surface area contributed by atoms with Crippen LogP contribution in [0.3, 0.4) is 0 Å². The number of benzene rings is 1. The van der Waals surface area contributed by atoms with E-state index in [1.54, 1.807) is 6.92 Å². The molecule has 1 rings (SSSR count). The van der Waals surface area contributed by atoms with Gasteiger partial charge >= 0.3 is 5.97 Å². The lowest BCUT2D eigenvalue weighted by molar-refractivity contribution is -0.145. The average molecular weight is 269 g/mol. The number of esters is 1. The van der Waals surface area contributed by atoms with E-state index in [1.807, 2.05) is 0 Å². The molecule has 0 saturated carbocycles. The van der Waals surface area contributed by atoms with Crippen molar-refractivity contribution in [1.29, 1.82) is 0 Å². The van der Waals surface area contributed by atoms with E-state index in [4.69, 9.17) is 4.74 Å². The minimum atomic E-state index is -0.603. The quantitative estimate of drug-likeness (QED) is 0.603. The maximum Gasteiger partial charge on any atom is 0.315 e. The average Bonchev–Trinajstić information content (AvgIpc) is 2.37. The fourth-order valence-electron chi connectivity index (χ4n) is 1.46. The van der Waals surface area contributed by atoms with Gasteiger partial charge in [0, 0.05) is 18.8 Å². The minimum absolute atomic E-state index is 0.0926. The summed E-state index contributed by atoms with van der Waals surface area (Å²) in [5.41, 5.74) is 0.340. The molecule has 1 aromatic carbocycles. The molecule has 0 unspecified atom stereocenters. The molecule has 104 valence electrons. The molecule has 0 saturated heterocycles. The number of nitrogens with zero attached hydrogens (tertiary/aromatic N) is 1.